The van der Waals surface area contributed by atoms with Gasteiger partial charge in [-0.1, -0.05) is 24.8 Å². The molecular formula is C18H14N4O. The van der Waals surface area contributed by atoms with Gasteiger partial charge in [0.25, 0.3) is 5.91 Å². The maximum absolute atomic E-state index is 12.0. The van der Waals surface area contributed by atoms with Crippen LogP contribution in [0.5, 0.6) is 0 Å². The zero-order chi connectivity index (χ0) is 16.0. The van der Waals surface area contributed by atoms with Crippen LogP contribution >= 0.6 is 0 Å². The van der Waals surface area contributed by atoms with E-state index in [4.69, 9.17) is 0 Å². The summed E-state index contributed by atoms with van der Waals surface area (Å²) >= 11 is 0. The van der Waals surface area contributed by atoms with Gasteiger partial charge in [0.1, 0.15) is 12.0 Å². The van der Waals surface area contributed by atoms with Crippen molar-refractivity contribution in [1.82, 2.24) is 19.5 Å². The Kier molecular flexibility index (Phi) is 2.87. The topological polar surface area (TPSA) is 63.6 Å². The molecule has 0 unspecified atom stereocenters. The van der Waals surface area contributed by atoms with Gasteiger partial charge in [0, 0.05) is 39.8 Å². The molecule has 0 saturated heterocycles. The van der Waals surface area contributed by atoms with Crippen molar-refractivity contribution in [2.24, 2.45) is 0 Å². The maximum Gasteiger partial charge on any atom is 0.254 e. The average Bonchev–Trinajstić information content (AvgIpc) is 3.18. The van der Waals surface area contributed by atoms with Gasteiger partial charge >= 0.3 is 0 Å². The number of aromatic amines is 1. The number of nitrogens with one attached hydrogen (secondary N) is 1. The number of aryl methyl sites for hydroxylation is 1. The number of aromatic nitrogens is 4. The monoisotopic (exact) mass is 302 g/mol. The standard InChI is InChI=1S/C18H14N4O/c1-3-16(23)22-9-15-12(11(22)2)5-4-6-13(15)17-14-7-8-19-18(14)21-10-20-17/h3-10H,1H2,2H3,(H,19,20,21). The quantitative estimate of drug-likeness (QED) is 0.574. The first-order valence-corrected chi connectivity index (χ1v) is 7.26. The Morgan fingerprint density at radius 2 is 2.09 bits per heavy atom. The fourth-order valence-electron chi connectivity index (χ4n) is 3.00. The smallest absolute Gasteiger partial charge is 0.254 e. The van der Waals surface area contributed by atoms with Gasteiger partial charge in [0.2, 0.25) is 0 Å². The van der Waals surface area contributed by atoms with Crippen molar-refractivity contribution in [3.05, 3.63) is 61.3 Å². The molecule has 0 saturated carbocycles. The van der Waals surface area contributed by atoms with E-state index >= 15 is 0 Å². The van der Waals surface area contributed by atoms with Crippen LogP contribution in [0.3, 0.4) is 0 Å². The van der Waals surface area contributed by atoms with Crippen molar-refractivity contribution in [2.75, 3.05) is 0 Å². The van der Waals surface area contributed by atoms with E-state index < -0.39 is 0 Å². The molecule has 4 aromatic rings. The summed E-state index contributed by atoms with van der Waals surface area (Å²) in [5.41, 5.74) is 3.52. The molecule has 0 aliphatic carbocycles. The minimum absolute atomic E-state index is 0.140. The zero-order valence-electron chi connectivity index (χ0n) is 12.6. The lowest BCUT2D eigenvalue weighted by molar-refractivity contribution is 0.0968. The van der Waals surface area contributed by atoms with Crippen LogP contribution in [0.2, 0.25) is 0 Å². The maximum atomic E-state index is 12.0. The summed E-state index contributed by atoms with van der Waals surface area (Å²) in [5.74, 6) is -0.140. The molecule has 3 heterocycles. The van der Waals surface area contributed by atoms with Crippen LogP contribution in [0.25, 0.3) is 33.1 Å². The summed E-state index contributed by atoms with van der Waals surface area (Å²) in [6.07, 6.45) is 6.57. The van der Waals surface area contributed by atoms with Crippen LogP contribution in [0.1, 0.15) is 10.5 Å². The molecule has 0 aliphatic heterocycles. The van der Waals surface area contributed by atoms with Gasteiger partial charge < -0.3 is 4.98 Å². The van der Waals surface area contributed by atoms with Crippen molar-refractivity contribution >= 4 is 27.7 Å². The van der Waals surface area contributed by atoms with Crippen molar-refractivity contribution < 1.29 is 4.79 Å². The summed E-state index contributed by atoms with van der Waals surface area (Å²) in [7, 11) is 0. The number of carbonyl (C=O) groups is 1. The first-order valence-electron chi connectivity index (χ1n) is 7.26. The first-order chi connectivity index (χ1) is 11.2. The third kappa shape index (κ3) is 1.90. The molecule has 0 radical (unpaired) electrons. The Bertz CT molecular complexity index is 1070. The van der Waals surface area contributed by atoms with Crippen LogP contribution in [0, 0.1) is 6.92 Å². The third-order valence-corrected chi connectivity index (χ3v) is 4.14. The molecule has 5 heteroatoms. The van der Waals surface area contributed by atoms with E-state index in [-0.39, 0.29) is 5.91 Å². The zero-order valence-corrected chi connectivity index (χ0v) is 12.6. The molecule has 3 aromatic heterocycles. The number of benzene rings is 1. The highest BCUT2D eigenvalue weighted by atomic mass is 16.1. The summed E-state index contributed by atoms with van der Waals surface area (Å²) in [6.45, 7) is 5.50. The fraction of sp³-hybridized carbons (Fsp3) is 0.0556. The number of hydrogen-bond donors (Lipinski definition) is 1. The largest absolute Gasteiger partial charge is 0.346 e. The summed E-state index contributed by atoms with van der Waals surface area (Å²) in [6, 6.07) is 7.96. The van der Waals surface area contributed by atoms with Gasteiger partial charge in [-0.2, -0.15) is 0 Å². The van der Waals surface area contributed by atoms with Gasteiger partial charge in [0.05, 0.1) is 5.69 Å². The van der Waals surface area contributed by atoms with E-state index in [0.29, 0.717) is 0 Å². The number of hydrogen-bond acceptors (Lipinski definition) is 3. The molecule has 112 valence electrons. The Morgan fingerprint density at radius 3 is 2.91 bits per heavy atom. The second kappa shape index (κ2) is 4.91. The van der Waals surface area contributed by atoms with Crippen molar-refractivity contribution in [3.8, 4) is 11.3 Å². The van der Waals surface area contributed by atoms with Gasteiger partial charge in [-0.25, -0.2) is 9.97 Å². The highest BCUT2D eigenvalue weighted by molar-refractivity contribution is 6.05. The minimum atomic E-state index is -0.140. The van der Waals surface area contributed by atoms with E-state index in [1.807, 2.05) is 43.6 Å². The highest BCUT2D eigenvalue weighted by Crippen LogP contribution is 2.33. The highest BCUT2D eigenvalue weighted by Gasteiger charge is 2.15. The van der Waals surface area contributed by atoms with Crippen LogP contribution in [-0.4, -0.2) is 25.4 Å². The number of allylic oxidation sites excluding steroid dienone is 1. The number of nitrogens with zero attached hydrogens (tertiary/aromatic N) is 3. The second-order valence-electron chi connectivity index (χ2n) is 5.36. The number of H-pyrrole nitrogens is 1. The third-order valence-electron chi connectivity index (χ3n) is 4.14. The van der Waals surface area contributed by atoms with Crippen molar-refractivity contribution in [2.45, 2.75) is 6.92 Å². The number of carbonyl (C=O) groups excluding carboxylic acids is 1. The molecule has 1 N–H and O–H groups in total. The predicted octanol–water partition coefficient (Wildman–Crippen LogP) is 3.71. The summed E-state index contributed by atoms with van der Waals surface area (Å²) < 4.78 is 1.62. The second-order valence-corrected chi connectivity index (χ2v) is 5.36. The molecule has 0 fully saturated rings. The van der Waals surface area contributed by atoms with Crippen molar-refractivity contribution in [1.29, 1.82) is 0 Å². The molecule has 23 heavy (non-hydrogen) atoms. The molecule has 0 bridgehead atoms. The fourth-order valence-corrected chi connectivity index (χ4v) is 3.00. The van der Waals surface area contributed by atoms with Crippen molar-refractivity contribution in [3.63, 3.8) is 0 Å². The van der Waals surface area contributed by atoms with Crippen LogP contribution in [-0.2, 0) is 0 Å². The predicted molar refractivity (Wildman–Crippen MR) is 90.4 cm³/mol. The SMILES string of the molecule is C=CC(=O)n1cc2c(-c3ncnc4[nH]ccc34)cccc2c1C. The lowest BCUT2D eigenvalue weighted by atomic mass is 10.0. The van der Waals surface area contributed by atoms with Gasteiger partial charge in [-0.05, 0) is 19.1 Å². The lowest BCUT2D eigenvalue weighted by Gasteiger charge is -2.04. The summed E-state index contributed by atoms with van der Waals surface area (Å²) in [4.78, 5) is 23.8. The Balaban J connectivity index is 2.07. The lowest BCUT2D eigenvalue weighted by Crippen LogP contribution is -2.06. The van der Waals surface area contributed by atoms with E-state index in [1.54, 1.807) is 10.9 Å². The van der Waals surface area contributed by atoms with E-state index in [9.17, 15) is 4.79 Å². The Labute approximate surface area is 132 Å². The average molecular weight is 302 g/mol. The molecular weight excluding hydrogens is 288 g/mol. The van der Waals surface area contributed by atoms with E-state index in [0.717, 1.165) is 38.8 Å². The van der Waals surface area contributed by atoms with Gasteiger partial charge in [-0.15, -0.1) is 0 Å². The molecule has 5 nitrogen and oxygen atoms in total. The molecule has 4 rings (SSSR count). The van der Waals surface area contributed by atoms with Crippen LogP contribution in [0.15, 0.2) is 55.6 Å². The van der Waals surface area contributed by atoms with E-state index in [1.165, 1.54) is 6.08 Å². The number of fused-ring (bicyclic) bond motifs is 2. The Morgan fingerprint density at radius 1 is 1.22 bits per heavy atom. The Hall–Kier alpha value is -3.21. The van der Waals surface area contributed by atoms with Crippen LogP contribution in [0.4, 0.5) is 0 Å². The summed E-state index contributed by atoms with van der Waals surface area (Å²) in [5, 5.41) is 2.97. The van der Waals surface area contributed by atoms with Crippen LogP contribution < -0.4 is 0 Å². The molecule has 1 aromatic carbocycles. The minimum Gasteiger partial charge on any atom is -0.346 e. The molecule has 0 aliphatic rings. The van der Waals surface area contributed by atoms with Gasteiger partial charge in [0.15, 0.2) is 0 Å². The normalized spacial score (nSPS) is 11.2. The molecule has 0 atom stereocenters. The number of rotatable bonds is 2. The first kappa shape index (κ1) is 13.5. The molecule has 0 spiro atoms. The molecule has 0 amide bonds. The van der Waals surface area contributed by atoms with E-state index in [2.05, 4.69) is 21.5 Å². The van der Waals surface area contributed by atoms with Gasteiger partial charge in [-0.3, -0.25) is 9.36 Å².